The van der Waals surface area contributed by atoms with Crippen LogP contribution in [0.3, 0.4) is 0 Å². The molecule has 0 unspecified atom stereocenters. The molecule has 4 nitrogen and oxygen atoms in total. The molecule has 0 radical (unpaired) electrons. The zero-order valence-corrected chi connectivity index (χ0v) is 9.64. The minimum Gasteiger partial charge on any atom is -0.330 e. The van der Waals surface area contributed by atoms with Crippen LogP contribution >= 0.6 is 24.0 Å². The van der Waals surface area contributed by atoms with E-state index >= 15 is 0 Å². The molecule has 0 aliphatic carbocycles. The van der Waals surface area contributed by atoms with Crippen molar-refractivity contribution in [3.05, 3.63) is 17.3 Å². The second kappa shape index (κ2) is 3.61. The molecule has 15 heavy (non-hydrogen) atoms. The summed E-state index contributed by atoms with van der Waals surface area (Å²) in [4.78, 5) is 11.5. The number of hydrogen-bond acceptors (Lipinski definition) is 4. The van der Waals surface area contributed by atoms with E-state index in [9.17, 15) is 0 Å². The van der Waals surface area contributed by atoms with Gasteiger partial charge in [0, 0.05) is 0 Å². The first kappa shape index (κ1) is 9.35. The van der Waals surface area contributed by atoms with E-state index in [4.69, 9.17) is 12.2 Å². The van der Waals surface area contributed by atoms with Crippen molar-refractivity contribution in [3.63, 3.8) is 0 Å². The van der Waals surface area contributed by atoms with Gasteiger partial charge in [0.15, 0.2) is 4.64 Å². The Morgan fingerprint density at radius 1 is 1.53 bits per heavy atom. The molecule has 78 valence electrons. The quantitative estimate of drug-likeness (QED) is 0.775. The third-order valence-electron chi connectivity index (χ3n) is 2.60. The van der Waals surface area contributed by atoms with E-state index in [0.29, 0.717) is 10.0 Å². The maximum Gasteiger partial charge on any atom is 0.157 e. The molecule has 0 aromatic carbocycles. The van der Waals surface area contributed by atoms with Gasteiger partial charge in [-0.25, -0.2) is 9.97 Å². The Balaban J connectivity index is 2.19. The Kier molecular flexibility index (Phi) is 2.25. The number of nitrogens with zero attached hydrogens (tertiary/aromatic N) is 3. The largest absolute Gasteiger partial charge is 0.330 e. The van der Waals surface area contributed by atoms with Gasteiger partial charge in [0.25, 0.3) is 0 Å². The van der Waals surface area contributed by atoms with Gasteiger partial charge >= 0.3 is 0 Å². The van der Waals surface area contributed by atoms with Crippen molar-refractivity contribution in [1.29, 1.82) is 0 Å². The van der Waals surface area contributed by atoms with Crippen molar-refractivity contribution in [1.82, 2.24) is 19.5 Å². The number of hydrogen-bond donors (Lipinski definition) is 1. The molecule has 0 bridgehead atoms. The zero-order chi connectivity index (χ0) is 10.3. The van der Waals surface area contributed by atoms with Crippen molar-refractivity contribution in [2.24, 2.45) is 0 Å². The lowest BCUT2D eigenvalue weighted by atomic mass is 10.3. The second-order valence-electron chi connectivity index (χ2n) is 3.52. The van der Waals surface area contributed by atoms with Gasteiger partial charge < -0.3 is 9.55 Å². The predicted octanol–water partition coefficient (Wildman–Crippen LogP) is 2.51. The van der Waals surface area contributed by atoms with Gasteiger partial charge in [-0.1, -0.05) is 12.2 Å². The SMILES string of the molecule is S=c1nc[nH]c2c1ncn2[C@H]1CCCS1. The molecule has 0 amide bonds. The van der Waals surface area contributed by atoms with Crippen LogP contribution in [0.5, 0.6) is 0 Å². The highest BCUT2D eigenvalue weighted by molar-refractivity contribution is 7.99. The van der Waals surface area contributed by atoms with Crippen LogP contribution in [-0.2, 0) is 0 Å². The fourth-order valence-electron chi connectivity index (χ4n) is 1.87. The van der Waals surface area contributed by atoms with Gasteiger partial charge in [0.1, 0.15) is 11.2 Å². The first-order chi connectivity index (χ1) is 7.36. The number of rotatable bonds is 1. The van der Waals surface area contributed by atoms with E-state index in [1.165, 1.54) is 18.6 Å². The third-order valence-corrected chi connectivity index (χ3v) is 4.27. The van der Waals surface area contributed by atoms with Crippen molar-refractivity contribution in [2.45, 2.75) is 18.2 Å². The minimum atomic E-state index is 0.503. The first-order valence-corrected chi connectivity index (χ1v) is 6.34. The maximum absolute atomic E-state index is 5.13. The Hall–Kier alpha value is -0.880. The van der Waals surface area contributed by atoms with Crippen LogP contribution in [0.2, 0.25) is 0 Å². The third kappa shape index (κ3) is 1.48. The summed E-state index contributed by atoms with van der Waals surface area (Å²) in [6.07, 6.45) is 5.99. The predicted molar refractivity (Wildman–Crippen MR) is 63.4 cm³/mol. The molecular weight excluding hydrogens is 228 g/mol. The van der Waals surface area contributed by atoms with Crippen molar-refractivity contribution in [2.75, 3.05) is 5.75 Å². The van der Waals surface area contributed by atoms with Gasteiger partial charge in [-0.2, -0.15) is 0 Å². The number of aromatic nitrogens is 4. The summed E-state index contributed by atoms with van der Waals surface area (Å²) in [5, 5.41) is 0.503. The van der Waals surface area contributed by atoms with Crippen LogP contribution in [0.4, 0.5) is 0 Å². The topological polar surface area (TPSA) is 46.5 Å². The molecule has 3 rings (SSSR count). The lowest BCUT2D eigenvalue weighted by Crippen LogP contribution is -2.00. The van der Waals surface area contributed by atoms with Crippen LogP contribution < -0.4 is 0 Å². The molecule has 0 saturated carbocycles. The van der Waals surface area contributed by atoms with Gasteiger partial charge in [0.2, 0.25) is 0 Å². The fourth-order valence-corrected chi connectivity index (χ4v) is 3.33. The average molecular weight is 238 g/mol. The Morgan fingerprint density at radius 2 is 2.47 bits per heavy atom. The smallest absolute Gasteiger partial charge is 0.157 e. The highest BCUT2D eigenvalue weighted by atomic mass is 32.2. The summed E-state index contributed by atoms with van der Waals surface area (Å²) in [7, 11) is 0. The maximum atomic E-state index is 5.13. The van der Waals surface area contributed by atoms with Gasteiger partial charge in [-0.3, -0.25) is 0 Å². The average Bonchev–Trinajstić information content (AvgIpc) is 2.85. The highest BCUT2D eigenvalue weighted by Crippen LogP contribution is 2.36. The van der Waals surface area contributed by atoms with E-state index in [0.717, 1.165) is 11.2 Å². The number of fused-ring (bicyclic) bond motifs is 1. The van der Waals surface area contributed by atoms with E-state index in [1.54, 1.807) is 6.33 Å². The standard InChI is InChI=1S/C9H10N4S2/c14-9-7-8(10-4-11-9)13(5-12-7)6-2-1-3-15-6/h4-6H,1-3H2,(H,10,11,14)/t6-/m1/s1. The number of imidazole rings is 1. The molecular formula is C9H10N4S2. The number of nitrogens with one attached hydrogen (secondary N) is 1. The lowest BCUT2D eigenvalue weighted by Gasteiger charge is -2.10. The van der Waals surface area contributed by atoms with Crippen molar-refractivity contribution >= 4 is 35.1 Å². The van der Waals surface area contributed by atoms with Crippen LogP contribution in [0, 0.1) is 4.64 Å². The summed E-state index contributed by atoms with van der Waals surface area (Å²) < 4.78 is 2.75. The molecule has 1 atom stereocenters. The van der Waals surface area contributed by atoms with Crippen LogP contribution in [0.1, 0.15) is 18.2 Å². The van der Waals surface area contributed by atoms with Crippen molar-refractivity contribution < 1.29 is 0 Å². The van der Waals surface area contributed by atoms with Gasteiger partial charge in [-0.05, 0) is 18.6 Å². The molecule has 3 heterocycles. The van der Waals surface area contributed by atoms with E-state index in [1.807, 2.05) is 18.1 Å². The van der Waals surface area contributed by atoms with Crippen LogP contribution in [0.15, 0.2) is 12.7 Å². The van der Waals surface area contributed by atoms with Gasteiger partial charge in [-0.15, -0.1) is 11.8 Å². The van der Waals surface area contributed by atoms with Crippen molar-refractivity contribution in [3.8, 4) is 0 Å². The summed E-state index contributed by atoms with van der Waals surface area (Å²) in [6, 6.07) is 0. The second-order valence-corrected chi connectivity index (χ2v) is 5.20. The molecule has 1 aliphatic rings. The molecule has 0 spiro atoms. The van der Waals surface area contributed by atoms with Crippen LogP contribution in [0.25, 0.3) is 11.2 Å². The summed E-state index contributed by atoms with van der Waals surface area (Å²) in [5.74, 6) is 1.23. The Bertz CT molecular complexity index is 538. The molecule has 2 aromatic heterocycles. The molecule has 1 saturated heterocycles. The van der Waals surface area contributed by atoms with Crippen LogP contribution in [-0.4, -0.2) is 25.3 Å². The molecule has 1 aliphatic heterocycles. The Labute approximate surface area is 96.1 Å². The summed E-state index contributed by atoms with van der Waals surface area (Å²) in [5.41, 5.74) is 1.80. The summed E-state index contributed by atoms with van der Waals surface area (Å²) in [6.45, 7) is 0. The molecule has 1 N–H and O–H groups in total. The number of thioether (sulfide) groups is 1. The van der Waals surface area contributed by atoms with E-state index < -0.39 is 0 Å². The normalized spacial score (nSPS) is 21.2. The van der Waals surface area contributed by atoms with Gasteiger partial charge in [0.05, 0.1) is 18.0 Å². The number of H-pyrrole nitrogens is 1. The first-order valence-electron chi connectivity index (χ1n) is 4.88. The lowest BCUT2D eigenvalue weighted by molar-refractivity contribution is 0.654. The number of aromatic amines is 1. The van der Waals surface area contributed by atoms with E-state index in [-0.39, 0.29) is 0 Å². The molecule has 2 aromatic rings. The summed E-state index contributed by atoms with van der Waals surface area (Å²) >= 11 is 7.10. The fraction of sp³-hybridized carbons (Fsp3) is 0.444. The Morgan fingerprint density at radius 3 is 3.27 bits per heavy atom. The molecule has 6 heteroatoms. The molecule has 1 fully saturated rings. The highest BCUT2D eigenvalue weighted by Gasteiger charge is 2.19. The minimum absolute atomic E-state index is 0.503. The van der Waals surface area contributed by atoms with E-state index in [2.05, 4.69) is 19.5 Å². The zero-order valence-electron chi connectivity index (χ0n) is 8.01. The monoisotopic (exact) mass is 238 g/mol.